The molecule has 2 amide bonds. The summed E-state index contributed by atoms with van der Waals surface area (Å²) in [4.78, 5) is 31.6. The number of phenols is 1. The van der Waals surface area contributed by atoms with Gasteiger partial charge in [-0.1, -0.05) is 60.7 Å². The van der Waals surface area contributed by atoms with Crippen molar-refractivity contribution >= 4 is 23.2 Å². The van der Waals surface area contributed by atoms with Gasteiger partial charge in [0.15, 0.2) is 0 Å². The van der Waals surface area contributed by atoms with Gasteiger partial charge in [-0.25, -0.2) is 8.78 Å². The van der Waals surface area contributed by atoms with Gasteiger partial charge in [-0.15, -0.1) is 0 Å². The third-order valence-electron chi connectivity index (χ3n) is 13.5. The number of alkyl halides is 2. The Morgan fingerprint density at radius 1 is 0.727 bits per heavy atom. The first kappa shape index (κ1) is 35.9. The summed E-state index contributed by atoms with van der Waals surface area (Å²) in [5, 5.41) is 12.6. The number of imide groups is 1. The fourth-order valence-corrected chi connectivity index (χ4v) is 10.5. The maximum Gasteiger partial charge on any atom is 0.274 e. The highest BCUT2D eigenvalue weighted by Gasteiger charge is 2.47. The van der Waals surface area contributed by atoms with Gasteiger partial charge in [-0.3, -0.25) is 14.9 Å². The van der Waals surface area contributed by atoms with Crippen LogP contribution in [0, 0.1) is 11.3 Å². The lowest BCUT2D eigenvalue weighted by Crippen LogP contribution is -2.39. The first-order chi connectivity index (χ1) is 26.6. The number of anilines is 2. The van der Waals surface area contributed by atoms with Crippen LogP contribution in [0.5, 0.6) is 5.75 Å². The number of benzene rings is 4. The molecule has 0 aromatic heterocycles. The van der Waals surface area contributed by atoms with Crippen LogP contribution in [-0.4, -0.2) is 67.6 Å². The summed E-state index contributed by atoms with van der Waals surface area (Å²) in [6.45, 7) is 7.60. The van der Waals surface area contributed by atoms with E-state index in [4.69, 9.17) is 0 Å². The van der Waals surface area contributed by atoms with E-state index in [1.165, 1.54) is 36.3 Å². The van der Waals surface area contributed by atoms with E-state index in [1.807, 2.05) is 30.3 Å². The Labute approximate surface area is 322 Å². The minimum atomic E-state index is -3.03. The molecule has 0 bridgehead atoms. The molecule has 2 N–H and O–H groups in total. The largest absolute Gasteiger partial charge is 0.508 e. The van der Waals surface area contributed by atoms with Gasteiger partial charge in [-0.2, -0.15) is 0 Å². The standard InChI is InChI=1S/C46H50F2N4O3/c47-46(48)27-40(32-4-2-1-3-5-32)43(39-15-14-37(53)26-41(39)46)34-8-12-35(13-9-34)51-22-18-31(19-23-51)28-50-24-20-45(29-50)21-25-52(30-45)36-10-6-33(7-11-36)38-16-17-42(54)49-44(38)55/h1-15,26,31,38,40,43,53H,16-25,27-30H2,(H,49,54,55)/t38?,40-,43-,45-/m1/s1. The highest BCUT2D eigenvalue weighted by Crippen LogP contribution is 2.55. The Morgan fingerprint density at radius 2 is 1.42 bits per heavy atom. The first-order valence-corrected chi connectivity index (χ1v) is 20.2. The smallest absolute Gasteiger partial charge is 0.274 e. The number of halogens is 2. The number of hydrogen-bond acceptors (Lipinski definition) is 6. The van der Waals surface area contributed by atoms with Crippen LogP contribution in [-0.2, 0) is 15.5 Å². The molecule has 4 aromatic carbocycles. The molecule has 4 atom stereocenters. The summed E-state index contributed by atoms with van der Waals surface area (Å²) in [7, 11) is 0. The molecule has 5 aliphatic rings. The van der Waals surface area contributed by atoms with Crippen molar-refractivity contribution in [1.29, 1.82) is 0 Å². The number of likely N-dealkylation sites (tertiary alicyclic amines) is 1. The number of fused-ring (bicyclic) bond motifs is 1. The van der Waals surface area contributed by atoms with Crippen LogP contribution in [0.4, 0.5) is 20.2 Å². The maximum atomic E-state index is 15.6. The van der Waals surface area contributed by atoms with E-state index in [0.717, 1.165) is 75.3 Å². The average molecular weight is 745 g/mol. The Bertz CT molecular complexity index is 2030. The monoisotopic (exact) mass is 744 g/mol. The summed E-state index contributed by atoms with van der Waals surface area (Å²) in [6, 6.07) is 31.2. The van der Waals surface area contributed by atoms with Crippen molar-refractivity contribution in [1.82, 2.24) is 10.2 Å². The first-order valence-electron chi connectivity index (χ1n) is 20.2. The number of phenolic OH excluding ortho intramolecular Hbond substituents is 1. The molecule has 1 aliphatic carbocycles. The van der Waals surface area contributed by atoms with Gasteiger partial charge in [-0.05, 0) is 103 Å². The molecule has 4 heterocycles. The predicted octanol–water partition coefficient (Wildman–Crippen LogP) is 8.14. The predicted molar refractivity (Wildman–Crippen MR) is 211 cm³/mol. The Morgan fingerprint density at radius 3 is 2.15 bits per heavy atom. The van der Waals surface area contributed by atoms with E-state index in [9.17, 15) is 14.7 Å². The minimum absolute atomic E-state index is 0.0664. The Balaban J connectivity index is 0.800. The van der Waals surface area contributed by atoms with Crippen LogP contribution in [0.15, 0.2) is 97.1 Å². The molecule has 7 nitrogen and oxygen atoms in total. The van der Waals surface area contributed by atoms with Crippen molar-refractivity contribution in [3.63, 3.8) is 0 Å². The molecule has 4 fully saturated rings. The van der Waals surface area contributed by atoms with E-state index < -0.39 is 5.92 Å². The van der Waals surface area contributed by atoms with Crippen LogP contribution < -0.4 is 15.1 Å². The van der Waals surface area contributed by atoms with Gasteiger partial charge in [0.2, 0.25) is 11.8 Å². The van der Waals surface area contributed by atoms with E-state index in [0.29, 0.717) is 29.7 Å². The molecule has 9 rings (SSSR count). The van der Waals surface area contributed by atoms with Crippen LogP contribution in [0.3, 0.4) is 0 Å². The van der Waals surface area contributed by atoms with Crippen molar-refractivity contribution in [2.75, 3.05) is 55.6 Å². The number of rotatable bonds is 7. The molecule has 0 saturated carbocycles. The van der Waals surface area contributed by atoms with Gasteiger partial charge in [0.25, 0.3) is 5.92 Å². The third-order valence-corrected chi connectivity index (χ3v) is 13.5. The van der Waals surface area contributed by atoms with Crippen LogP contribution >= 0.6 is 0 Å². The lowest BCUT2D eigenvalue weighted by molar-refractivity contribution is -0.134. The SMILES string of the molecule is O=C1CCC(c2ccc(N3CC[C@@]4(CCN(CC5CCN(c6ccc([C@@H]7c8ccc(O)cc8C(F)(F)C[C@@H]7c7ccccc7)cc6)CC5)C4)C3)cc2)C(=O)N1. The van der Waals surface area contributed by atoms with Gasteiger partial charge in [0.1, 0.15) is 5.75 Å². The number of carbonyl (C=O) groups is 2. The quantitative estimate of drug-likeness (QED) is 0.186. The number of amides is 2. The number of aromatic hydroxyl groups is 1. The number of nitrogens with zero attached hydrogens (tertiary/aromatic N) is 3. The molecule has 4 saturated heterocycles. The van der Waals surface area contributed by atoms with Gasteiger partial charge >= 0.3 is 0 Å². The number of nitrogens with one attached hydrogen (secondary N) is 1. The summed E-state index contributed by atoms with van der Waals surface area (Å²) in [5.41, 5.74) is 6.17. The van der Waals surface area contributed by atoms with Crippen molar-refractivity contribution in [2.24, 2.45) is 11.3 Å². The Kier molecular flexibility index (Phi) is 9.39. The molecule has 4 aliphatic heterocycles. The van der Waals surface area contributed by atoms with Crippen molar-refractivity contribution < 1.29 is 23.5 Å². The lowest BCUT2D eigenvalue weighted by Gasteiger charge is -2.39. The zero-order chi connectivity index (χ0) is 37.7. The molecule has 1 unspecified atom stereocenters. The van der Waals surface area contributed by atoms with E-state index in [2.05, 4.69) is 68.5 Å². The minimum Gasteiger partial charge on any atom is -0.508 e. The summed E-state index contributed by atoms with van der Waals surface area (Å²) < 4.78 is 31.1. The number of hydrogen-bond donors (Lipinski definition) is 2. The van der Waals surface area contributed by atoms with Crippen LogP contribution in [0.2, 0.25) is 0 Å². The van der Waals surface area contributed by atoms with Gasteiger partial charge in [0, 0.05) is 86.3 Å². The van der Waals surface area contributed by atoms with Crippen molar-refractivity contribution in [2.45, 2.75) is 68.6 Å². The van der Waals surface area contributed by atoms with Crippen molar-refractivity contribution in [3.05, 3.63) is 125 Å². The number of piperidine rings is 2. The summed E-state index contributed by atoms with van der Waals surface area (Å²) >= 11 is 0. The second-order valence-corrected chi connectivity index (χ2v) is 16.9. The summed E-state index contributed by atoms with van der Waals surface area (Å²) in [6.07, 6.45) is 5.42. The molecule has 9 heteroatoms. The second kappa shape index (κ2) is 14.4. The second-order valence-electron chi connectivity index (χ2n) is 16.9. The van der Waals surface area contributed by atoms with Crippen molar-refractivity contribution in [3.8, 4) is 5.75 Å². The molecular weight excluding hydrogens is 695 g/mol. The van der Waals surface area contributed by atoms with Gasteiger partial charge < -0.3 is 19.8 Å². The highest BCUT2D eigenvalue weighted by atomic mass is 19.3. The molecular formula is C46H50F2N4O3. The zero-order valence-corrected chi connectivity index (χ0v) is 31.3. The molecule has 0 radical (unpaired) electrons. The van der Waals surface area contributed by atoms with Crippen LogP contribution in [0.25, 0.3) is 0 Å². The van der Waals surface area contributed by atoms with E-state index in [1.54, 1.807) is 6.07 Å². The zero-order valence-electron chi connectivity index (χ0n) is 31.3. The average Bonchev–Trinajstić information content (AvgIpc) is 3.80. The molecule has 4 aromatic rings. The fraction of sp³-hybridized carbons (Fsp3) is 0.435. The Hall–Kier alpha value is -4.76. The third kappa shape index (κ3) is 7.12. The normalized spacial score (nSPS) is 27.1. The van der Waals surface area contributed by atoms with E-state index in [-0.39, 0.29) is 47.3 Å². The molecule has 1 spiro atoms. The molecule has 55 heavy (non-hydrogen) atoms. The summed E-state index contributed by atoms with van der Waals surface area (Å²) in [5.74, 6) is -3.72. The lowest BCUT2D eigenvalue weighted by atomic mass is 9.68. The topological polar surface area (TPSA) is 76.1 Å². The fourth-order valence-electron chi connectivity index (χ4n) is 10.5. The van der Waals surface area contributed by atoms with E-state index >= 15 is 8.78 Å². The number of carbonyl (C=O) groups excluding carboxylic acids is 2. The van der Waals surface area contributed by atoms with Crippen LogP contribution in [0.1, 0.15) is 90.5 Å². The highest BCUT2D eigenvalue weighted by molar-refractivity contribution is 6.00. The maximum absolute atomic E-state index is 15.6. The van der Waals surface area contributed by atoms with Gasteiger partial charge in [0.05, 0.1) is 5.92 Å². The molecule has 286 valence electrons.